The zero-order valence-electron chi connectivity index (χ0n) is 15.2. The van der Waals surface area contributed by atoms with Gasteiger partial charge < -0.3 is 25.6 Å². The summed E-state index contributed by atoms with van der Waals surface area (Å²) < 4.78 is 9.85. The van der Waals surface area contributed by atoms with Crippen molar-refractivity contribution in [3.8, 4) is 0 Å². The summed E-state index contributed by atoms with van der Waals surface area (Å²) in [7, 11) is 1.27. The van der Waals surface area contributed by atoms with E-state index in [1.165, 1.54) is 7.11 Å². The van der Waals surface area contributed by atoms with Gasteiger partial charge in [-0.25, -0.2) is 9.59 Å². The molecule has 1 rings (SSSR count). The Bertz CT molecular complexity index is 574. The number of methoxy groups -OCH3 is 1. The largest absolute Gasteiger partial charge is 0.481 e. The number of carbonyl (C=O) groups is 3. The van der Waals surface area contributed by atoms with Crippen molar-refractivity contribution < 1.29 is 29.0 Å². The van der Waals surface area contributed by atoms with Gasteiger partial charge in [0.25, 0.3) is 5.97 Å². The SMILES string of the molecule is CC(=O)O.COC(=O)[C@H](Cc1ccc(N)cc1)NC(=O)OC(C)(C)C. The number of alkyl carbamates (subject to hydrolysis) is 1. The number of esters is 1. The second kappa shape index (κ2) is 10.2. The van der Waals surface area contributed by atoms with Crippen molar-refractivity contribution in [1.82, 2.24) is 5.32 Å². The predicted molar refractivity (Wildman–Crippen MR) is 93.0 cm³/mol. The Hall–Kier alpha value is -2.77. The standard InChI is InChI=1S/C15H22N2O4.C2H4O2/c1-15(2,3)21-14(19)17-12(13(18)20-4)9-10-5-7-11(16)8-6-10;1-2(3)4/h5-8,12H,9,16H2,1-4H3,(H,17,19);1H3,(H,3,4)/t12-;/m0./s1. The average molecular weight is 354 g/mol. The van der Waals surface area contributed by atoms with Crippen LogP contribution in [-0.4, -0.2) is 41.9 Å². The fourth-order valence-electron chi connectivity index (χ4n) is 1.67. The molecule has 0 spiro atoms. The van der Waals surface area contributed by atoms with Gasteiger partial charge in [-0.15, -0.1) is 0 Å². The number of nitrogens with two attached hydrogens (primary N) is 1. The molecule has 0 heterocycles. The van der Waals surface area contributed by atoms with Crippen LogP contribution < -0.4 is 11.1 Å². The number of hydrogen-bond acceptors (Lipinski definition) is 6. The van der Waals surface area contributed by atoms with Crippen molar-refractivity contribution in [1.29, 1.82) is 0 Å². The van der Waals surface area contributed by atoms with E-state index in [-0.39, 0.29) is 0 Å². The minimum absolute atomic E-state index is 0.298. The molecule has 0 bridgehead atoms. The van der Waals surface area contributed by atoms with Gasteiger partial charge in [0, 0.05) is 19.0 Å². The van der Waals surface area contributed by atoms with Gasteiger partial charge in [0.05, 0.1) is 7.11 Å². The highest BCUT2D eigenvalue weighted by Crippen LogP contribution is 2.10. The van der Waals surface area contributed by atoms with Crippen molar-refractivity contribution in [2.45, 2.75) is 45.8 Å². The molecule has 0 aliphatic carbocycles. The summed E-state index contributed by atoms with van der Waals surface area (Å²) in [5.74, 6) is -1.36. The number of nitrogens with one attached hydrogen (secondary N) is 1. The van der Waals surface area contributed by atoms with Crippen LogP contribution in [0.5, 0.6) is 0 Å². The lowest BCUT2D eigenvalue weighted by Gasteiger charge is -2.22. The number of ether oxygens (including phenoxy) is 2. The fourth-order valence-corrected chi connectivity index (χ4v) is 1.67. The summed E-state index contributed by atoms with van der Waals surface area (Å²) in [6.07, 6.45) is -0.361. The van der Waals surface area contributed by atoms with E-state index >= 15 is 0 Å². The topological polar surface area (TPSA) is 128 Å². The van der Waals surface area contributed by atoms with Crippen LogP contribution in [0.1, 0.15) is 33.3 Å². The molecule has 1 aromatic rings. The second-order valence-corrected chi connectivity index (χ2v) is 6.19. The van der Waals surface area contributed by atoms with Gasteiger partial charge in [-0.1, -0.05) is 12.1 Å². The highest BCUT2D eigenvalue weighted by Gasteiger charge is 2.25. The molecule has 0 radical (unpaired) electrons. The van der Waals surface area contributed by atoms with Crippen molar-refractivity contribution in [2.75, 3.05) is 12.8 Å². The van der Waals surface area contributed by atoms with Crippen molar-refractivity contribution in [2.24, 2.45) is 0 Å². The summed E-state index contributed by atoms with van der Waals surface area (Å²) in [5.41, 5.74) is 6.47. The van der Waals surface area contributed by atoms with Crippen molar-refractivity contribution >= 4 is 23.7 Å². The third kappa shape index (κ3) is 11.4. The molecule has 0 unspecified atom stereocenters. The van der Waals surface area contributed by atoms with E-state index in [9.17, 15) is 9.59 Å². The quantitative estimate of drug-likeness (QED) is 0.557. The Morgan fingerprint density at radius 1 is 1.20 bits per heavy atom. The molecule has 1 atom stereocenters. The molecular weight excluding hydrogens is 328 g/mol. The summed E-state index contributed by atoms with van der Waals surface area (Å²) in [4.78, 5) is 32.5. The molecular formula is C17H26N2O6. The Kier molecular flexibility index (Phi) is 9.04. The monoisotopic (exact) mass is 354 g/mol. The number of carbonyl (C=O) groups excluding carboxylic acids is 2. The van der Waals surface area contributed by atoms with Crippen LogP contribution >= 0.6 is 0 Å². The maximum absolute atomic E-state index is 11.8. The Labute approximate surface area is 147 Å². The molecule has 8 heteroatoms. The summed E-state index contributed by atoms with van der Waals surface area (Å²) in [6.45, 7) is 6.33. The number of benzene rings is 1. The molecule has 0 saturated carbocycles. The minimum atomic E-state index is -0.833. The van der Waals surface area contributed by atoms with Gasteiger partial charge in [0.1, 0.15) is 11.6 Å². The van der Waals surface area contributed by atoms with Crippen LogP contribution in [0, 0.1) is 0 Å². The molecule has 1 amide bonds. The maximum Gasteiger partial charge on any atom is 0.408 e. The fraction of sp³-hybridized carbons (Fsp3) is 0.471. The Morgan fingerprint density at radius 3 is 2.08 bits per heavy atom. The van der Waals surface area contributed by atoms with Crippen LogP contribution in [0.3, 0.4) is 0 Å². The summed E-state index contributed by atoms with van der Waals surface area (Å²) in [6, 6.07) is 6.24. The van der Waals surface area contributed by atoms with Crippen LogP contribution in [0.25, 0.3) is 0 Å². The highest BCUT2D eigenvalue weighted by atomic mass is 16.6. The van der Waals surface area contributed by atoms with Gasteiger partial charge in [-0.2, -0.15) is 0 Å². The average Bonchev–Trinajstić information content (AvgIpc) is 2.45. The third-order valence-corrected chi connectivity index (χ3v) is 2.60. The zero-order chi connectivity index (χ0) is 19.6. The van der Waals surface area contributed by atoms with E-state index in [1.807, 2.05) is 0 Å². The van der Waals surface area contributed by atoms with E-state index in [0.717, 1.165) is 12.5 Å². The molecule has 0 aliphatic heterocycles. The minimum Gasteiger partial charge on any atom is -0.481 e. The van der Waals surface area contributed by atoms with Crippen LogP contribution in [0.2, 0.25) is 0 Å². The Morgan fingerprint density at radius 2 is 1.68 bits per heavy atom. The van der Waals surface area contributed by atoms with E-state index in [1.54, 1.807) is 45.0 Å². The van der Waals surface area contributed by atoms with Crippen LogP contribution in [0.4, 0.5) is 10.5 Å². The number of carboxylic acid groups (broad SMARTS) is 1. The molecule has 140 valence electrons. The smallest absolute Gasteiger partial charge is 0.408 e. The molecule has 0 saturated heterocycles. The zero-order valence-corrected chi connectivity index (χ0v) is 15.2. The van der Waals surface area contributed by atoms with Crippen LogP contribution in [0.15, 0.2) is 24.3 Å². The van der Waals surface area contributed by atoms with Gasteiger partial charge in [-0.05, 0) is 38.5 Å². The molecule has 4 N–H and O–H groups in total. The first-order chi connectivity index (χ1) is 11.4. The van der Waals surface area contributed by atoms with E-state index in [4.69, 9.17) is 25.1 Å². The summed E-state index contributed by atoms with van der Waals surface area (Å²) in [5, 5.41) is 9.94. The molecule has 25 heavy (non-hydrogen) atoms. The number of carboxylic acids is 1. The molecule has 1 aromatic carbocycles. The number of hydrogen-bond donors (Lipinski definition) is 3. The van der Waals surface area contributed by atoms with Gasteiger partial charge in [0.15, 0.2) is 0 Å². The molecule has 0 aromatic heterocycles. The van der Waals surface area contributed by atoms with E-state index in [2.05, 4.69) is 5.32 Å². The first kappa shape index (κ1) is 22.2. The number of rotatable bonds is 4. The van der Waals surface area contributed by atoms with E-state index in [0.29, 0.717) is 12.1 Å². The highest BCUT2D eigenvalue weighted by molar-refractivity contribution is 5.81. The molecule has 0 aliphatic rings. The lowest BCUT2D eigenvalue weighted by atomic mass is 10.1. The van der Waals surface area contributed by atoms with Gasteiger partial charge in [0.2, 0.25) is 0 Å². The van der Waals surface area contributed by atoms with Gasteiger partial charge in [-0.3, -0.25) is 4.79 Å². The lowest BCUT2D eigenvalue weighted by Crippen LogP contribution is -2.45. The maximum atomic E-state index is 11.8. The van der Waals surface area contributed by atoms with Crippen molar-refractivity contribution in [3.05, 3.63) is 29.8 Å². The van der Waals surface area contributed by atoms with Crippen molar-refractivity contribution in [3.63, 3.8) is 0 Å². The predicted octanol–water partition coefficient (Wildman–Crippen LogP) is 1.97. The second-order valence-electron chi connectivity index (χ2n) is 6.19. The van der Waals surface area contributed by atoms with Crippen LogP contribution in [-0.2, 0) is 25.5 Å². The number of aliphatic carboxylic acids is 1. The molecule has 8 nitrogen and oxygen atoms in total. The normalized spacial score (nSPS) is 11.4. The van der Waals surface area contributed by atoms with E-state index < -0.39 is 29.7 Å². The van der Waals surface area contributed by atoms with Gasteiger partial charge >= 0.3 is 12.1 Å². The number of nitrogen functional groups attached to an aromatic ring is 1. The number of anilines is 1. The Balaban J connectivity index is 0.00000129. The number of amides is 1. The molecule has 0 fully saturated rings. The lowest BCUT2D eigenvalue weighted by molar-refractivity contribution is -0.143. The third-order valence-electron chi connectivity index (χ3n) is 2.60. The summed E-state index contributed by atoms with van der Waals surface area (Å²) >= 11 is 0. The first-order valence-electron chi connectivity index (χ1n) is 7.56. The first-order valence-corrected chi connectivity index (χ1v) is 7.56.